The Kier molecular flexibility index (Phi) is 2.25. The molecule has 14 heavy (non-hydrogen) atoms. The first-order valence-corrected chi connectivity index (χ1v) is 4.79. The molecule has 0 unspecified atom stereocenters. The highest BCUT2D eigenvalue weighted by molar-refractivity contribution is 9.10. The van der Waals surface area contributed by atoms with Crippen molar-refractivity contribution in [3.63, 3.8) is 0 Å². The summed E-state index contributed by atoms with van der Waals surface area (Å²) in [6, 6.07) is 3.71. The van der Waals surface area contributed by atoms with Crippen molar-refractivity contribution in [1.82, 2.24) is 9.38 Å². The summed E-state index contributed by atoms with van der Waals surface area (Å²) in [4.78, 5) is 14.6. The van der Waals surface area contributed by atoms with E-state index in [1.165, 1.54) is 0 Å². The molecule has 2 aromatic heterocycles. The van der Waals surface area contributed by atoms with Gasteiger partial charge in [0, 0.05) is 10.7 Å². The lowest BCUT2D eigenvalue weighted by molar-refractivity contribution is -0.136. The first-order chi connectivity index (χ1) is 6.66. The van der Waals surface area contributed by atoms with Crippen LogP contribution in [0.25, 0.3) is 5.52 Å². The number of pyridine rings is 1. The van der Waals surface area contributed by atoms with Gasteiger partial charge in [0.25, 0.3) is 0 Å². The van der Waals surface area contributed by atoms with Gasteiger partial charge in [0.1, 0.15) is 0 Å². The predicted molar refractivity (Wildman–Crippen MR) is 54.2 cm³/mol. The van der Waals surface area contributed by atoms with E-state index in [0.717, 1.165) is 9.99 Å². The molecule has 0 saturated heterocycles. The molecule has 0 saturated carbocycles. The predicted octanol–water partition coefficient (Wildman–Crippen LogP) is 1.72. The Morgan fingerprint density at radius 3 is 3.07 bits per heavy atom. The van der Waals surface area contributed by atoms with Gasteiger partial charge >= 0.3 is 5.97 Å². The number of carboxylic acid groups (broad SMARTS) is 1. The lowest BCUT2D eigenvalue weighted by Gasteiger charge is -1.96. The number of halogens is 1. The van der Waals surface area contributed by atoms with Gasteiger partial charge in [-0.25, -0.2) is 4.98 Å². The summed E-state index contributed by atoms with van der Waals surface area (Å²) in [6.45, 7) is 0. The summed E-state index contributed by atoms with van der Waals surface area (Å²) in [6.07, 6.45) is 3.41. The van der Waals surface area contributed by atoms with Crippen molar-refractivity contribution >= 4 is 27.4 Å². The third kappa shape index (κ3) is 1.63. The molecule has 2 rings (SSSR count). The quantitative estimate of drug-likeness (QED) is 0.888. The van der Waals surface area contributed by atoms with Gasteiger partial charge in [0.05, 0.1) is 24.0 Å². The van der Waals surface area contributed by atoms with Gasteiger partial charge < -0.3 is 9.51 Å². The number of rotatable bonds is 2. The van der Waals surface area contributed by atoms with E-state index >= 15 is 0 Å². The highest BCUT2D eigenvalue weighted by Gasteiger charge is 2.07. The highest BCUT2D eigenvalue weighted by atomic mass is 79.9. The maximum Gasteiger partial charge on any atom is 0.309 e. The van der Waals surface area contributed by atoms with E-state index in [1.54, 1.807) is 10.7 Å². The molecule has 0 aromatic carbocycles. The van der Waals surface area contributed by atoms with Crippen LogP contribution in [-0.4, -0.2) is 20.5 Å². The van der Waals surface area contributed by atoms with Gasteiger partial charge in [0.2, 0.25) is 0 Å². The zero-order valence-corrected chi connectivity index (χ0v) is 8.73. The Morgan fingerprint density at radius 2 is 2.36 bits per heavy atom. The molecule has 0 bridgehead atoms. The van der Waals surface area contributed by atoms with Crippen LogP contribution in [0.2, 0.25) is 0 Å². The molecule has 1 N–H and O–H groups in total. The van der Waals surface area contributed by atoms with E-state index in [2.05, 4.69) is 20.9 Å². The lowest BCUT2D eigenvalue weighted by Crippen LogP contribution is -2.00. The molecule has 2 heterocycles. The monoisotopic (exact) mass is 254 g/mol. The van der Waals surface area contributed by atoms with Gasteiger partial charge in [-0.2, -0.15) is 0 Å². The first-order valence-electron chi connectivity index (χ1n) is 3.99. The molecule has 0 amide bonds. The number of imidazole rings is 1. The summed E-state index contributed by atoms with van der Waals surface area (Å²) in [5.41, 5.74) is 1.42. The van der Waals surface area contributed by atoms with Gasteiger partial charge in [-0.05, 0) is 28.1 Å². The molecule has 72 valence electrons. The van der Waals surface area contributed by atoms with Gasteiger partial charge in [-0.1, -0.05) is 0 Å². The number of nitrogens with zero attached hydrogens (tertiary/aromatic N) is 2. The van der Waals surface area contributed by atoms with Crippen LogP contribution in [0.1, 0.15) is 5.69 Å². The second kappa shape index (κ2) is 3.42. The molecule has 0 aliphatic carbocycles. The van der Waals surface area contributed by atoms with Crippen LogP contribution >= 0.6 is 15.9 Å². The zero-order valence-electron chi connectivity index (χ0n) is 7.14. The van der Waals surface area contributed by atoms with Crippen LogP contribution in [0.3, 0.4) is 0 Å². The topological polar surface area (TPSA) is 54.6 Å². The molecule has 0 aliphatic heterocycles. The van der Waals surface area contributed by atoms with Gasteiger partial charge in [-0.15, -0.1) is 0 Å². The van der Waals surface area contributed by atoms with E-state index in [9.17, 15) is 4.79 Å². The maximum atomic E-state index is 10.5. The van der Waals surface area contributed by atoms with Crippen LogP contribution < -0.4 is 0 Å². The van der Waals surface area contributed by atoms with Crippen molar-refractivity contribution in [1.29, 1.82) is 0 Å². The molecule has 0 spiro atoms. The fourth-order valence-electron chi connectivity index (χ4n) is 1.31. The molecule has 4 nitrogen and oxygen atoms in total. The van der Waals surface area contributed by atoms with Gasteiger partial charge in [0.15, 0.2) is 0 Å². The maximum absolute atomic E-state index is 10.5. The minimum absolute atomic E-state index is 0.0435. The average Bonchev–Trinajstić information content (AvgIpc) is 2.47. The Bertz CT molecular complexity index is 493. The molecule has 5 heteroatoms. The number of fused-ring (bicyclic) bond motifs is 1. The smallest absolute Gasteiger partial charge is 0.309 e. The van der Waals surface area contributed by atoms with Crippen molar-refractivity contribution in [2.45, 2.75) is 6.42 Å². The fourth-order valence-corrected chi connectivity index (χ4v) is 1.66. The van der Waals surface area contributed by atoms with E-state index < -0.39 is 5.97 Å². The van der Waals surface area contributed by atoms with Crippen LogP contribution in [0.15, 0.2) is 29.1 Å². The third-order valence-corrected chi connectivity index (χ3v) is 2.36. The second-order valence-corrected chi connectivity index (χ2v) is 3.82. The molecule has 2 aromatic rings. The van der Waals surface area contributed by atoms with Crippen LogP contribution in [-0.2, 0) is 11.2 Å². The molecule has 0 radical (unpaired) electrons. The van der Waals surface area contributed by atoms with Crippen LogP contribution in [0.4, 0.5) is 0 Å². The first kappa shape index (κ1) is 9.21. The van der Waals surface area contributed by atoms with Gasteiger partial charge in [-0.3, -0.25) is 4.79 Å². The van der Waals surface area contributed by atoms with Crippen molar-refractivity contribution < 1.29 is 9.90 Å². The number of hydrogen-bond acceptors (Lipinski definition) is 2. The Morgan fingerprint density at radius 1 is 1.57 bits per heavy atom. The van der Waals surface area contributed by atoms with Crippen molar-refractivity contribution in [2.75, 3.05) is 0 Å². The number of carbonyl (C=O) groups is 1. The summed E-state index contributed by atoms with van der Waals surface area (Å²) >= 11 is 3.33. The van der Waals surface area contributed by atoms with E-state index in [0.29, 0.717) is 5.69 Å². The number of aromatic nitrogens is 2. The van der Waals surface area contributed by atoms with Crippen LogP contribution in [0.5, 0.6) is 0 Å². The van der Waals surface area contributed by atoms with Crippen LogP contribution in [0, 0.1) is 0 Å². The molecular formula is C9H7BrN2O2. The minimum atomic E-state index is -0.867. The Balaban J connectivity index is 2.52. The third-order valence-electron chi connectivity index (χ3n) is 1.89. The Labute approximate surface area is 88.3 Å². The van der Waals surface area contributed by atoms with Crippen molar-refractivity contribution in [3.8, 4) is 0 Å². The van der Waals surface area contributed by atoms with Crippen molar-refractivity contribution in [3.05, 3.63) is 34.8 Å². The Hall–Kier alpha value is -1.36. The van der Waals surface area contributed by atoms with E-state index in [-0.39, 0.29) is 6.42 Å². The minimum Gasteiger partial charge on any atom is -0.481 e. The lowest BCUT2D eigenvalue weighted by atomic mass is 10.2. The average molecular weight is 255 g/mol. The normalized spacial score (nSPS) is 10.6. The molecule has 0 atom stereocenters. The number of hydrogen-bond donors (Lipinski definition) is 1. The summed E-state index contributed by atoms with van der Waals surface area (Å²) in [5, 5.41) is 8.64. The SMILES string of the molecule is O=C(O)Cc1ncn2cc(Br)ccc12. The molecular weight excluding hydrogens is 248 g/mol. The highest BCUT2D eigenvalue weighted by Crippen LogP contribution is 2.15. The standard InChI is InChI=1S/C9H7BrN2O2/c10-6-1-2-8-7(3-9(13)14)11-5-12(8)4-6/h1-2,4-5H,3H2,(H,13,14). The van der Waals surface area contributed by atoms with E-state index in [4.69, 9.17) is 5.11 Å². The zero-order chi connectivity index (χ0) is 10.1. The van der Waals surface area contributed by atoms with E-state index in [1.807, 2.05) is 18.3 Å². The second-order valence-electron chi connectivity index (χ2n) is 2.90. The molecule has 0 aliphatic rings. The molecule has 0 fully saturated rings. The largest absolute Gasteiger partial charge is 0.481 e. The summed E-state index contributed by atoms with van der Waals surface area (Å²) in [7, 11) is 0. The number of carboxylic acids is 1. The summed E-state index contributed by atoms with van der Waals surface area (Å²) < 4.78 is 2.73. The summed E-state index contributed by atoms with van der Waals surface area (Å²) in [5.74, 6) is -0.867. The number of aliphatic carboxylic acids is 1. The van der Waals surface area contributed by atoms with Crippen molar-refractivity contribution in [2.24, 2.45) is 0 Å². The fraction of sp³-hybridized carbons (Fsp3) is 0.111.